The van der Waals surface area contributed by atoms with Crippen LogP contribution in [-0.4, -0.2) is 22.4 Å². The first-order valence-corrected chi connectivity index (χ1v) is 9.53. The molecular formula is C22H15NO4S. The maximum atomic E-state index is 12.3. The number of aromatic nitrogens is 1. The Morgan fingerprint density at radius 1 is 0.929 bits per heavy atom. The Hall–Kier alpha value is -3.38. The molecule has 0 amide bonds. The second-order valence-electron chi connectivity index (χ2n) is 6.29. The summed E-state index contributed by atoms with van der Waals surface area (Å²) in [5.74, 6) is 0.298. The molecule has 1 N–H and O–H groups in total. The van der Waals surface area contributed by atoms with E-state index in [-0.39, 0.29) is 12.5 Å². The summed E-state index contributed by atoms with van der Waals surface area (Å²) in [6.45, 7) is 0.173. The fraction of sp³-hybridized carbons (Fsp3) is 0.0455. The molecule has 0 radical (unpaired) electrons. The highest BCUT2D eigenvalue weighted by atomic mass is 32.2. The highest BCUT2D eigenvalue weighted by Gasteiger charge is 2.25. The Balaban J connectivity index is 1.77. The first-order valence-electron chi connectivity index (χ1n) is 8.72. The third kappa shape index (κ3) is 2.70. The number of carbonyl (C=O) groups is 1. The summed E-state index contributed by atoms with van der Waals surface area (Å²) in [5.41, 5.74) is 1.78. The third-order valence-electron chi connectivity index (χ3n) is 4.61. The Morgan fingerprint density at radius 2 is 1.68 bits per heavy atom. The molecule has 6 heteroatoms. The molecular weight excluding hydrogens is 374 g/mol. The molecule has 138 valence electrons. The van der Waals surface area contributed by atoms with Gasteiger partial charge < -0.3 is 19.1 Å². The van der Waals surface area contributed by atoms with Crippen LogP contribution in [0, 0.1) is 0 Å². The number of nitrogens with zero attached hydrogens (tertiary/aromatic N) is 1. The van der Waals surface area contributed by atoms with Crippen molar-refractivity contribution in [3.8, 4) is 17.2 Å². The molecule has 0 saturated carbocycles. The van der Waals surface area contributed by atoms with Crippen molar-refractivity contribution < 1.29 is 19.4 Å². The van der Waals surface area contributed by atoms with Crippen LogP contribution in [-0.2, 0) is 0 Å². The van der Waals surface area contributed by atoms with Gasteiger partial charge in [-0.1, -0.05) is 48.2 Å². The summed E-state index contributed by atoms with van der Waals surface area (Å²) in [7, 11) is 0. The predicted molar refractivity (Wildman–Crippen MR) is 107 cm³/mol. The number of hydrogen-bond donors (Lipinski definition) is 1. The van der Waals surface area contributed by atoms with Crippen molar-refractivity contribution >= 4 is 28.6 Å². The van der Waals surface area contributed by atoms with Crippen molar-refractivity contribution in [3.05, 3.63) is 78.5 Å². The van der Waals surface area contributed by atoms with Crippen LogP contribution in [0.1, 0.15) is 10.5 Å². The summed E-state index contributed by atoms with van der Waals surface area (Å²) >= 11 is 1.46. The standard InChI is InChI=1S/C22H15NO4S/c24-22(25)20-21(28-15-6-2-1-3-7-15)16-8-4-5-9-17(16)23(20)14-10-11-18-19(12-14)27-13-26-18/h1-12H,13H2,(H,24,25). The molecule has 0 spiro atoms. The average molecular weight is 389 g/mol. The van der Waals surface area contributed by atoms with Gasteiger partial charge in [0.15, 0.2) is 11.5 Å². The lowest BCUT2D eigenvalue weighted by atomic mass is 10.2. The number of rotatable bonds is 4. The number of fused-ring (bicyclic) bond motifs is 2. The molecule has 1 aromatic heterocycles. The van der Waals surface area contributed by atoms with E-state index in [2.05, 4.69) is 0 Å². The minimum atomic E-state index is -0.979. The summed E-state index contributed by atoms with van der Waals surface area (Å²) < 4.78 is 12.6. The lowest BCUT2D eigenvalue weighted by Crippen LogP contribution is -2.07. The van der Waals surface area contributed by atoms with Gasteiger partial charge in [0.1, 0.15) is 5.69 Å². The Labute approximate surface area is 165 Å². The zero-order valence-electron chi connectivity index (χ0n) is 14.7. The summed E-state index contributed by atoms with van der Waals surface area (Å²) in [4.78, 5) is 14.0. The molecule has 0 fully saturated rings. The number of para-hydroxylation sites is 1. The van der Waals surface area contributed by atoms with Crippen molar-refractivity contribution in [2.24, 2.45) is 0 Å². The van der Waals surface area contributed by atoms with Gasteiger partial charge in [0.2, 0.25) is 6.79 Å². The number of aromatic carboxylic acids is 1. The number of hydrogen-bond acceptors (Lipinski definition) is 4. The van der Waals surface area contributed by atoms with Crippen LogP contribution in [0.25, 0.3) is 16.6 Å². The largest absolute Gasteiger partial charge is 0.477 e. The van der Waals surface area contributed by atoms with E-state index < -0.39 is 5.97 Å². The van der Waals surface area contributed by atoms with Gasteiger partial charge in [0.25, 0.3) is 0 Å². The molecule has 5 nitrogen and oxygen atoms in total. The zero-order chi connectivity index (χ0) is 19.1. The topological polar surface area (TPSA) is 60.7 Å². The van der Waals surface area contributed by atoms with Gasteiger partial charge in [0.05, 0.1) is 16.1 Å². The van der Waals surface area contributed by atoms with Crippen LogP contribution in [0.2, 0.25) is 0 Å². The van der Waals surface area contributed by atoms with E-state index in [0.717, 1.165) is 21.5 Å². The van der Waals surface area contributed by atoms with Gasteiger partial charge in [-0.3, -0.25) is 0 Å². The lowest BCUT2D eigenvalue weighted by molar-refractivity contribution is 0.0684. The second kappa shape index (κ2) is 6.65. The normalized spacial score (nSPS) is 12.4. The van der Waals surface area contributed by atoms with Gasteiger partial charge in [0, 0.05) is 16.3 Å². The molecule has 0 atom stereocenters. The number of carboxylic acids is 1. The first-order chi connectivity index (χ1) is 13.7. The van der Waals surface area contributed by atoms with Gasteiger partial charge in [-0.2, -0.15) is 0 Å². The van der Waals surface area contributed by atoms with E-state index in [1.54, 1.807) is 4.57 Å². The van der Waals surface area contributed by atoms with Gasteiger partial charge in [-0.25, -0.2) is 4.79 Å². The van der Waals surface area contributed by atoms with Crippen LogP contribution >= 0.6 is 11.8 Å². The SMILES string of the molecule is O=C(O)c1c(Sc2ccccc2)c2ccccc2n1-c1ccc2c(c1)OCO2. The zero-order valence-corrected chi connectivity index (χ0v) is 15.5. The fourth-order valence-electron chi connectivity index (χ4n) is 3.41. The molecule has 0 aliphatic carbocycles. The molecule has 4 aromatic rings. The smallest absolute Gasteiger partial charge is 0.354 e. The van der Waals surface area contributed by atoms with E-state index in [9.17, 15) is 9.90 Å². The Morgan fingerprint density at radius 3 is 2.50 bits per heavy atom. The van der Waals surface area contributed by atoms with Crippen molar-refractivity contribution in [2.45, 2.75) is 9.79 Å². The molecule has 0 bridgehead atoms. The van der Waals surface area contributed by atoms with Crippen molar-refractivity contribution in [2.75, 3.05) is 6.79 Å². The van der Waals surface area contributed by atoms with E-state index in [4.69, 9.17) is 9.47 Å². The number of ether oxygens (including phenoxy) is 2. The molecule has 1 aliphatic heterocycles. The van der Waals surface area contributed by atoms with Crippen LogP contribution < -0.4 is 9.47 Å². The maximum absolute atomic E-state index is 12.3. The minimum absolute atomic E-state index is 0.173. The van der Waals surface area contributed by atoms with Crippen molar-refractivity contribution in [3.63, 3.8) is 0 Å². The maximum Gasteiger partial charge on any atom is 0.354 e. The molecule has 3 aromatic carbocycles. The molecule has 0 saturated heterocycles. The van der Waals surface area contributed by atoms with Crippen molar-refractivity contribution in [1.29, 1.82) is 0 Å². The van der Waals surface area contributed by atoms with E-state index in [1.165, 1.54) is 11.8 Å². The minimum Gasteiger partial charge on any atom is -0.477 e. The van der Waals surface area contributed by atoms with Crippen LogP contribution in [0.5, 0.6) is 11.5 Å². The van der Waals surface area contributed by atoms with Crippen molar-refractivity contribution in [1.82, 2.24) is 4.57 Å². The van der Waals surface area contributed by atoms with Crippen LogP contribution in [0.15, 0.2) is 82.6 Å². The molecule has 28 heavy (non-hydrogen) atoms. The quantitative estimate of drug-likeness (QED) is 0.519. The second-order valence-corrected chi connectivity index (χ2v) is 7.37. The van der Waals surface area contributed by atoms with Gasteiger partial charge >= 0.3 is 5.97 Å². The summed E-state index contributed by atoms with van der Waals surface area (Å²) in [5, 5.41) is 11.0. The summed E-state index contributed by atoms with van der Waals surface area (Å²) in [6, 6.07) is 23.0. The lowest BCUT2D eigenvalue weighted by Gasteiger charge is -2.10. The monoisotopic (exact) mass is 389 g/mol. The molecule has 2 heterocycles. The molecule has 5 rings (SSSR count). The van der Waals surface area contributed by atoms with E-state index in [0.29, 0.717) is 16.4 Å². The Kier molecular flexibility index (Phi) is 3.98. The highest BCUT2D eigenvalue weighted by molar-refractivity contribution is 7.99. The predicted octanol–water partition coefficient (Wildman–Crippen LogP) is 5.21. The number of carboxylic acid groups (broad SMARTS) is 1. The van der Waals surface area contributed by atoms with E-state index >= 15 is 0 Å². The van der Waals surface area contributed by atoms with Crippen LogP contribution in [0.3, 0.4) is 0 Å². The fourth-order valence-corrected chi connectivity index (χ4v) is 4.49. The first kappa shape index (κ1) is 16.8. The van der Waals surface area contributed by atoms with Gasteiger partial charge in [-0.15, -0.1) is 0 Å². The molecule has 1 aliphatic rings. The van der Waals surface area contributed by atoms with Gasteiger partial charge in [-0.05, 0) is 30.3 Å². The summed E-state index contributed by atoms with van der Waals surface area (Å²) in [6.07, 6.45) is 0. The highest BCUT2D eigenvalue weighted by Crippen LogP contribution is 2.41. The molecule has 0 unspecified atom stereocenters. The van der Waals surface area contributed by atoms with E-state index in [1.807, 2.05) is 72.8 Å². The average Bonchev–Trinajstić information content (AvgIpc) is 3.31. The Bertz CT molecular complexity index is 1200. The van der Waals surface area contributed by atoms with Crippen LogP contribution in [0.4, 0.5) is 0 Å². The number of benzene rings is 3. The third-order valence-corrected chi connectivity index (χ3v) is 5.73.